The number of nitrogens with zero attached hydrogens (tertiary/aromatic N) is 2. The largest absolute Gasteiger partial charge is 0.465 e. The molecule has 0 unspecified atom stereocenters. The quantitative estimate of drug-likeness (QED) is 0.583. The lowest BCUT2D eigenvalue weighted by atomic mass is 9.88. The molecule has 33 heavy (non-hydrogen) atoms. The zero-order valence-electron chi connectivity index (χ0n) is 17.7. The summed E-state index contributed by atoms with van der Waals surface area (Å²) >= 11 is 0. The van der Waals surface area contributed by atoms with Gasteiger partial charge in [0.1, 0.15) is 11.6 Å². The average Bonchev–Trinajstić information content (AvgIpc) is 3.05. The molecule has 4 rings (SSSR count). The maximum Gasteiger partial charge on any atom is 0.405 e. The predicted octanol–water partition coefficient (Wildman–Crippen LogP) is 3.79. The van der Waals surface area contributed by atoms with Crippen LogP contribution in [0.2, 0.25) is 0 Å². The zero-order valence-corrected chi connectivity index (χ0v) is 17.7. The standard InChI is InChI=1S/C22H22F4N4O3/c1-21(29-20(32)33)2-3-30(11-21)18-16(12-4-13(23)6-14(24)5-12)9-27-10-17(18)19(31)28-15-7-22(25,26)8-15/h4-6,9-10,15,29H,2-3,7-8,11H2,1H3,(H,28,31)(H,32,33)/t21-/m0/s1. The van der Waals surface area contributed by atoms with E-state index in [4.69, 9.17) is 5.11 Å². The van der Waals surface area contributed by atoms with Gasteiger partial charge in [-0.25, -0.2) is 22.4 Å². The topological polar surface area (TPSA) is 94.6 Å². The van der Waals surface area contributed by atoms with Crippen LogP contribution in [0.25, 0.3) is 11.1 Å². The van der Waals surface area contributed by atoms with Crippen LogP contribution in [0.5, 0.6) is 0 Å². The molecule has 1 aromatic heterocycles. The number of carboxylic acid groups (broad SMARTS) is 1. The molecule has 3 N–H and O–H groups in total. The van der Waals surface area contributed by atoms with Gasteiger partial charge in [0.2, 0.25) is 0 Å². The van der Waals surface area contributed by atoms with Crippen LogP contribution >= 0.6 is 0 Å². The van der Waals surface area contributed by atoms with Crippen LogP contribution in [0.3, 0.4) is 0 Å². The molecular weight excluding hydrogens is 444 g/mol. The molecule has 2 heterocycles. The van der Waals surface area contributed by atoms with Crippen LogP contribution < -0.4 is 15.5 Å². The second-order valence-electron chi connectivity index (χ2n) is 8.84. The van der Waals surface area contributed by atoms with Crippen molar-refractivity contribution >= 4 is 17.7 Å². The molecule has 176 valence electrons. The number of anilines is 1. The van der Waals surface area contributed by atoms with Gasteiger partial charge in [0, 0.05) is 56.0 Å². The van der Waals surface area contributed by atoms with E-state index >= 15 is 0 Å². The minimum atomic E-state index is -2.82. The van der Waals surface area contributed by atoms with Gasteiger partial charge in [-0.2, -0.15) is 0 Å². The van der Waals surface area contributed by atoms with Crippen molar-refractivity contribution in [3.63, 3.8) is 0 Å². The first kappa shape index (κ1) is 22.8. The summed E-state index contributed by atoms with van der Waals surface area (Å²) in [6.07, 6.45) is 0.889. The first-order valence-electron chi connectivity index (χ1n) is 10.3. The summed E-state index contributed by atoms with van der Waals surface area (Å²) in [7, 11) is 0. The fourth-order valence-electron chi connectivity index (χ4n) is 4.42. The summed E-state index contributed by atoms with van der Waals surface area (Å²) in [4.78, 5) is 30.0. The van der Waals surface area contributed by atoms with E-state index in [9.17, 15) is 27.2 Å². The van der Waals surface area contributed by atoms with E-state index in [0.717, 1.165) is 12.1 Å². The van der Waals surface area contributed by atoms with Crippen molar-refractivity contribution in [3.8, 4) is 11.1 Å². The van der Waals surface area contributed by atoms with Crippen LogP contribution in [0.1, 0.15) is 36.5 Å². The van der Waals surface area contributed by atoms with Gasteiger partial charge in [0.25, 0.3) is 11.8 Å². The number of nitrogens with one attached hydrogen (secondary N) is 2. The van der Waals surface area contributed by atoms with Crippen molar-refractivity contribution in [1.29, 1.82) is 0 Å². The number of aromatic nitrogens is 1. The number of halogens is 4. The maximum absolute atomic E-state index is 13.9. The number of benzene rings is 1. The fourth-order valence-corrected chi connectivity index (χ4v) is 4.42. The molecule has 2 aliphatic rings. The number of rotatable bonds is 5. The van der Waals surface area contributed by atoms with Gasteiger partial charge in [-0.1, -0.05) is 0 Å². The average molecular weight is 466 g/mol. The van der Waals surface area contributed by atoms with Gasteiger partial charge >= 0.3 is 6.09 Å². The van der Waals surface area contributed by atoms with Gasteiger partial charge in [0.15, 0.2) is 0 Å². The predicted molar refractivity (Wildman–Crippen MR) is 111 cm³/mol. The number of hydrogen-bond donors (Lipinski definition) is 3. The molecule has 0 radical (unpaired) electrons. The number of alkyl halides is 2. The third kappa shape index (κ3) is 4.86. The van der Waals surface area contributed by atoms with Crippen LogP contribution in [0.4, 0.5) is 28.0 Å². The van der Waals surface area contributed by atoms with E-state index in [1.54, 1.807) is 11.8 Å². The van der Waals surface area contributed by atoms with E-state index in [0.29, 0.717) is 24.7 Å². The molecule has 7 nitrogen and oxygen atoms in total. The van der Waals surface area contributed by atoms with Crippen LogP contribution in [0, 0.1) is 11.6 Å². The second-order valence-corrected chi connectivity index (χ2v) is 8.84. The number of hydrogen-bond acceptors (Lipinski definition) is 4. The lowest BCUT2D eigenvalue weighted by Crippen LogP contribution is -2.50. The summed E-state index contributed by atoms with van der Waals surface area (Å²) < 4.78 is 54.3. The van der Waals surface area contributed by atoms with E-state index in [-0.39, 0.29) is 23.2 Å². The normalized spacial score (nSPS) is 22.0. The van der Waals surface area contributed by atoms with Crippen molar-refractivity contribution in [3.05, 3.63) is 47.8 Å². The summed E-state index contributed by atoms with van der Waals surface area (Å²) in [5, 5.41) is 14.2. The lowest BCUT2D eigenvalue weighted by molar-refractivity contribution is -0.0901. The highest BCUT2D eigenvalue weighted by atomic mass is 19.3. The van der Waals surface area contributed by atoms with Gasteiger partial charge < -0.3 is 20.6 Å². The molecule has 1 atom stereocenters. The third-order valence-corrected chi connectivity index (χ3v) is 5.96. The van der Waals surface area contributed by atoms with Crippen molar-refractivity contribution in [2.45, 2.75) is 43.7 Å². The Morgan fingerprint density at radius 1 is 1.15 bits per heavy atom. The first-order valence-corrected chi connectivity index (χ1v) is 10.3. The lowest BCUT2D eigenvalue weighted by Gasteiger charge is -2.35. The van der Waals surface area contributed by atoms with Crippen LogP contribution in [0.15, 0.2) is 30.6 Å². The van der Waals surface area contributed by atoms with Gasteiger partial charge in [-0.15, -0.1) is 0 Å². The molecule has 11 heteroatoms. The molecule has 2 amide bonds. The number of pyridine rings is 1. The fraction of sp³-hybridized carbons (Fsp3) is 0.409. The minimum absolute atomic E-state index is 0.0481. The SMILES string of the molecule is C[C@]1(NC(=O)O)CCN(c2c(C(=O)NC3CC(F)(F)C3)cncc2-c2cc(F)cc(F)c2)C1. The number of amides is 2. The molecule has 0 spiro atoms. The molecule has 2 fully saturated rings. The Labute approximate surface area is 186 Å². The smallest absolute Gasteiger partial charge is 0.405 e. The summed E-state index contributed by atoms with van der Waals surface area (Å²) in [6, 6.07) is 2.21. The van der Waals surface area contributed by atoms with E-state index in [1.807, 2.05) is 0 Å². The molecule has 0 bridgehead atoms. The van der Waals surface area contributed by atoms with E-state index in [2.05, 4.69) is 15.6 Å². The highest BCUT2D eigenvalue weighted by Crippen LogP contribution is 2.40. The minimum Gasteiger partial charge on any atom is -0.465 e. The number of carbonyl (C=O) groups is 2. The van der Waals surface area contributed by atoms with Crippen molar-refractivity contribution in [2.75, 3.05) is 18.0 Å². The molecule has 1 aromatic carbocycles. The zero-order chi connectivity index (χ0) is 24.0. The molecular formula is C22H22F4N4O3. The summed E-state index contributed by atoms with van der Waals surface area (Å²) in [5.74, 6) is -5.10. The Bertz CT molecular complexity index is 1080. The molecule has 2 aromatic rings. The molecule has 1 saturated carbocycles. The van der Waals surface area contributed by atoms with Crippen molar-refractivity contribution in [2.24, 2.45) is 0 Å². The monoisotopic (exact) mass is 466 g/mol. The maximum atomic E-state index is 13.9. The summed E-state index contributed by atoms with van der Waals surface area (Å²) in [5.41, 5.74) is -0.0794. The van der Waals surface area contributed by atoms with Crippen molar-refractivity contribution < 1.29 is 32.3 Å². The highest BCUT2D eigenvalue weighted by molar-refractivity contribution is 6.03. The van der Waals surface area contributed by atoms with Crippen LogP contribution in [-0.2, 0) is 0 Å². The Balaban J connectivity index is 1.74. The first-order chi connectivity index (χ1) is 15.4. The summed E-state index contributed by atoms with van der Waals surface area (Å²) in [6.45, 7) is 2.23. The van der Waals surface area contributed by atoms with Crippen LogP contribution in [-0.4, -0.2) is 52.7 Å². The van der Waals surface area contributed by atoms with E-state index in [1.165, 1.54) is 12.4 Å². The molecule has 1 saturated heterocycles. The Hall–Kier alpha value is -3.37. The Kier molecular flexibility index (Phi) is 5.67. The Morgan fingerprint density at radius 3 is 2.42 bits per heavy atom. The Morgan fingerprint density at radius 2 is 1.82 bits per heavy atom. The number of carbonyl (C=O) groups excluding carboxylic acids is 1. The van der Waals surface area contributed by atoms with E-state index < -0.39 is 54.0 Å². The van der Waals surface area contributed by atoms with Gasteiger partial charge in [-0.3, -0.25) is 9.78 Å². The molecule has 1 aliphatic carbocycles. The molecule has 1 aliphatic heterocycles. The van der Waals surface area contributed by atoms with Gasteiger partial charge in [-0.05, 0) is 31.0 Å². The van der Waals surface area contributed by atoms with Crippen molar-refractivity contribution in [1.82, 2.24) is 15.6 Å². The van der Waals surface area contributed by atoms with Gasteiger partial charge in [0.05, 0.1) is 16.8 Å². The third-order valence-electron chi connectivity index (χ3n) is 5.96. The second kappa shape index (κ2) is 8.20. The highest BCUT2D eigenvalue weighted by Gasteiger charge is 2.46.